The van der Waals surface area contributed by atoms with Crippen molar-refractivity contribution in [3.63, 3.8) is 0 Å². The van der Waals surface area contributed by atoms with Crippen LogP contribution < -0.4 is 9.47 Å². The van der Waals surface area contributed by atoms with E-state index in [2.05, 4.69) is 0 Å². The number of carbonyl (C=O) groups excluding carboxylic acids is 3. The second-order valence-electron chi connectivity index (χ2n) is 14.7. The van der Waals surface area contributed by atoms with Gasteiger partial charge in [-0.05, 0) is 56.6 Å². The van der Waals surface area contributed by atoms with Crippen molar-refractivity contribution in [2.24, 2.45) is 23.2 Å². The zero-order valence-corrected chi connectivity index (χ0v) is 26.4. The summed E-state index contributed by atoms with van der Waals surface area (Å²) in [4.78, 5) is 51.5. The summed E-state index contributed by atoms with van der Waals surface area (Å²) in [6.07, 6.45) is 7.34. The van der Waals surface area contributed by atoms with E-state index in [0.29, 0.717) is 23.1 Å². The van der Waals surface area contributed by atoms with Crippen molar-refractivity contribution >= 4 is 29.2 Å². The van der Waals surface area contributed by atoms with Gasteiger partial charge >= 0.3 is 5.97 Å². The molecule has 2 saturated carbocycles. The quantitative estimate of drug-likeness (QED) is 0.337. The third-order valence-electron chi connectivity index (χ3n) is 10.6. The number of ether oxygens (including phenoxy) is 3. The molecule has 232 valence electrons. The fraction of sp³-hybridized carbons (Fsp3) is 0.676. The molecule has 6 rings (SSSR count). The van der Waals surface area contributed by atoms with Gasteiger partial charge in [0.05, 0.1) is 43.1 Å². The summed E-state index contributed by atoms with van der Waals surface area (Å²) in [5, 5.41) is 0. The summed E-state index contributed by atoms with van der Waals surface area (Å²) >= 11 is 0. The van der Waals surface area contributed by atoms with Crippen LogP contribution in [0.5, 0.6) is 11.6 Å². The van der Waals surface area contributed by atoms with Gasteiger partial charge in [-0.2, -0.15) is 0 Å². The third-order valence-corrected chi connectivity index (χ3v) is 10.6. The lowest BCUT2D eigenvalue weighted by Crippen LogP contribution is -2.46. The molecule has 0 unspecified atom stereocenters. The highest BCUT2D eigenvalue weighted by Gasteiger charge is 2.55. The molecule has 9 heteroatoms. The van der Waals surface area contributed by atoms with Crippen LogP contribution in [0.1, 0.15) is 91.7 Å². The minimum atomic E-state index is -0.669. The number of esters is 1. The van der Waals surface area contributed by atoms with Gasteiger partial charge in [-0.3, -0.25) is 9.59 Å². The zero-order chi connectivity index (χ0) is 30.7. The molecule has 1 spiro atoms. The Hall–Kier alpha value is -3.23. The second kappa shape index (κ2) is 10.7. The Bertz CT molecular complexity index is 1430. The van der Waals surface area contributed by atoms with Gasteiger partial charge in [-0.15, -0.1) is 0 Å². The third kappa shape index (κ3) is 5.60. The van der Waals surface area contributed by atoms with Crippen LogP contribution in [0.2, 0.25) is 0 Å². The van der Waals surface area contributed by atoms with Crippen LogP contribution in [0.4, 0.5) is 0 Å². The van der Waals surface area contributed by atoms with Crippen molar-refractivity contribution in [2.45, 2.75) is 109 Å². The van der Waals surface area contributed by atoms with E-state index in [-0.39, 0.29) is 36.2 Å². The number of aldehydes is 1. The first kappa shape index (κ1) is 29.8. The van der Waals surface area contributed by atoms with E-state index in [9.17, 15) is 14.4 Å². The van der Waals surface area contributed by atoms with Crippen molar-refractivity contribution in [2.75, 3.05) is 13.7 Å². The van der Waals surface area contributed by atoms with Gasteiger partial charge in [0.15, 0.2) is 0 Å². The minimum Gasteiger partial charge on any atom is -0.497 e. The maximum absolute atomic E-state index is 14.1. The van der Waals surface area contributed by atoms with Gasteiger partial charge < -0.3 is 23.9 Å². The molecule has 3 fully saturated rings. The number of rotatable bonds is 2. The average molecular weight is 592 g/mol. The molecule has 3 heterocycles. The van der Waals surface area contributed by atoms with Gasteiger partial charge in [-0.25, -0.2) is 9.97 Å². The average Bonchev–Trinajstić information content (AvgIpc) is 3.85. The van der Waals surface area contributed by atoms with Crippen LogP contribution in [0.3, 0.4) is 0 Å². The molecule has 2 bridgehead atoms. The Balaban J connectivity index is 1.39. The molecule has 2 aliphatic carbocycles. The summed E-state index contributed by atoms with van der Waals surface area (Å²) in [5.41, 5.74) is 1.28. The number of carbonyl (C=O) groups is 3. The molecular weight excluding hydrogens is 546 g/mol. The monoisotopic (exact) mass is 591 g/mol. The van der Waals surface area contributed by atoms with Crippen LogP contribution in [-0.2, 0) is 24.5 Å². The van der Waals surface area contributed by atoms with Crippen LogP contribution in [0, 0.1) is 23.2 Å². The molecule has 0 N–H and O–H groups in total. The van der Waals surface area contributed by atoms with E-state index in [1.165, 1.54) is 0 Å². The van der Waals surface area contributed by atoms with E-state index < -0.39 is 29.1 Å². The fourth-order valence-corrected chi connectivity index (χ4v) is 7.29. The van der Waals surface area contributed by atoms with Gasteiger partial charge in [0.2, 0.25) is 11.8 Å². The lowest BCUT2D eigenvalue weighted by atomic mass is 9.77. The maximum atomic E-state index is 14.1. The zero-order valence-electron chi connectivity index (χ0n) is 26.4. The highest BCUT2D eigenvalue weighted by Crippen LogP contribution is 2.55. The predicted octanol–water partition coefficient (Wildman–Crippen LogP) is 5.41. The standard InChI is InChI=1S/C34H45N3O6/c1-20-26(19-38)37-18-27(20)42-30-29(35-24-11-10-22(41-6)15-25(24)36-30)34(13-14-34)12-8-7-9-21-17-33(21,5)43-28(39)16-23(31(37)40)32(2,3)4/h10-11,15,19-21,23,26-27H,7-9,12-14,16-18H2,1-6H3/t20-,21+,23+,26+,27-,33+/m0/s1. The smallest absolute Gasteiger partial charge is 0.307 e. The normalized spacial score (nSPS) is 32.6. The van der Waals surface area contributed by atoms with Crippen molar-refractivity contribution in [1.82, 2.24) is 14.9 Å². The van der Waals surface area contributed by atoms with Crippen LogP contribution >= 0.6 is 0 Å². The van der Waals surface area contributed by atoms with Crippen LogP contribution in [0.25, 0.3) is 11.0 Å². The SMILES string of the molecule is COc1ccc2nc3c(nc2c1)O[C@H]1CN(C(=O)[C@H](C(C)(C)C)CC(=O)O[C@]2(C)C[C@H]2CCCCC32CC2)[C@H](C=O)[C@@H]1C. The number of hydrogen-bond acceptors (Lipinski definition) is 8. The van der Waals surface area contributed by atoms with Crippen molar-refractivity contribution in [3.05, 3.63) is 23.9 Å². The lowest BCUT2D eigenvalue weighted by molar-refractivity contribution is -0.158. The maximum Gasteiger partial charge on any atom is 0.307 e. The van der Waals surface area contributed by atoms with Gasteiger partial charge in [0.1, 0.15) is 29.4 Å². The van der Waals surface area contributed by atoms with Crippen LogP contribution in [0.15, 0.2) is 18.2 Å². The number of fused-ring (bicyclic) bond motifs is 6. The number of aromatic nitrogens is 2. The largest absolute Gasteiger partial charge is 0.497 e. The number of benzene rings is 1. The van der Waals surface area contributed by atoms with E-state index in [4.69, 9.17) is 24.2 Å². The summed E-state index contributed by atoms with van der Waals surface area (Å²) in [6.45, 7) is 10.1. The van der Waals surface area contributed by atoms with Crippen molar-refractivity contribution < 1.29 is 28.6 Å². The Morgan fingerprint density at radius 1 is 1.09 bits per heavy atom. The first-order chi connectivity index (χ1) is 20.4. The highest BCUT2D eigenvalue weighted by atomic mass is 16.6. The van der Waals surface area contributed by atoms with Gasteiger partial charge in [0, 0.05) is 23.3 Å². The Labute approximate surface area is 254 Å². The van der Waals surface area contributed by atoms with E-state index in [1.807, 2.05) is 52.8 Å². The van der Waals surface area contributed by atoms with Crippen molar-refractivity contribution in [1.29, 1.82) is 0 Å². The molecule has 1 saturated heterocycles. The van der Waals surface area contributed by atoms with E-state index in [1.54, 1.807) is 12.0 Å². The predicted molar refractivity (Wildman–Crippen MR) is 161 cm³/mol. The molecule has 43 heavy (non-hydrogen) atoms. The Morgan fingerprint density at radius 2 is 1.86 bits per heavy atom. The van der Waals surface area contributed by atoms with Gasteiger partial charge in [-0.1, -0.05) is 40.5 Å². The van der Waals surface area contributed by atoms with Gasteiger partial charge in [0.25, 0.3) is 0 Å². The topological polar surface area (TPSA) is 108 Å². The van der Waals surface area contributed by atoms with E-state index in [0.717, 1.165) is 62.4 Å². The molecule has 1 amide bonds. The summed E-state index contributed by atoms with van der Waals surface area (Å²) in [6, 6.07) is 5.02. The first-order valence-corrected chi connectivity index (χ1v) is 15.9. The second-order valence-corrected chi connectivity index (χ2v) is 14.7. The number of hydrogen-bond donors (Lipinski definition) is 0. The molecule has 9 nitrogen and oxygen atoms in total. The molecule has 1 aromatic carbocycles. The molecule has 2 aliphatic heterocycles. The number of methoxy groups -OCH3 is 1. The summed E-state index contributed by atoms with van der Waals surface area (Å²) in [7, 11) is 1.62. The number of nitrogens with zero attached hydrogens (tertiary/aromatic N) is 3. The van der Waals surface area contributed by atoms with Crippen molar-refractivity contribution in [3.8, 4) is 11.6 Å². The lowest BCUT2D eigenvalue weighted by Gasteiger charge is -2.34. The minimum absolute atomic E-state index is 0.0166. The first-order valence-electron chi connectivity index (χ1n) is 15.9. The van der Waals surface area contributed by atoms with E-state index >= 15 is 0 Å². The molecule has 2 aromatic rings. The van der Waals surface area contributed by atoms with Crippen LogP contribution in [-0.4, -0.2) is 64.4 Å². The Morgan fingerprint density at radius 3 is 2.53 bits per heavy atom. The molecule has 1 aromatic heterocycles. The molecule has 6 atom stereocenters. The number of amides is 1. The molecular formula is C34H45N3O6. The molecule has 0 radical (unpaired) electrons. The summed E-state index contributed by atoms with van der Waals surface area (Å²) < 4.78 is 18.2. The Kier molecular flexibility index (Phi) is 7.45. The highest BCUT2D eigenvalue weighted by molar-refractivity contribution is 5.87. The fourth-order valence-electron chi connectivity index (χ4n) is 7.29. The molecule has 4 aliphatic rings. The summed E-state index contributed by atoms with van der Waals surface area (Å²) in [5.74, 6) is 0.0502.